The van der Waals surface area contributed by atoms with Crippen molar-refractivity contribution in [3.63, 3.8) is 0 Å². The van der Waals surface area contributed by atoms with Crippen molar-refractivity contribution in [1.29, 1.82) is 0 Å². The van der Waals surface area contributed by atoms with Gasteiger partial charge in [0.2, 0.25) is 11.8 Å². The second-order valence-corrected chi connectivity index (χ2v) is 8.67. The Balaban J connectivity index is 1.52. The lowest BCUT2D eigenvalue weighted by molar-refractivity contribution is -0.135. The molecule has 0 saturated carbocycles. The van der Waals surface area contributed by atoms with E-state index >= 15 is 0 Å². The summed E-state index contributed by atoms with van der Waals surface area (Å²) in [5.74, 6) is 1.81. The van der Waals surface area contributed by atoms with Gasteiger partial charge in [-0.3, -0.25) is 9.59 Å². The van der Waals surface area contributed by atoms with Crippen LogP contribution < -0.4 is 10.1 Å². The largest absolute Gasteiger partial charge is 0.455 e. The first-order chi connectivity index (χ1) is 13.0. The molecule has 4 rings (SSSR count). The van der Waals surface area contributed by atoms with Gasteiger partial charge in [-0.25, -0.2) is 0 Å². The predicted octanol–water partition coefficient (Wildman–Crippen LogP) is 4.18. The number of hydrogen-bond donors (Lipinski definition) is 1. The van der Waals surface area contributed by atoms with Crippen LogP contribution >= 0.6 is 11.8 Å². The van der Waals surface area contributed by atoms with E-state index in [0.29, 0.717) is 29.4 Å². The number of amides is 2. The SMILES string of the molecule is Cc1ccc(Oc2ccccc2NC(=O)C2CSC3(C)CCC(=O)N23)cc1. The van der Waals surface area contributed by atoms with Crippen molar-refractivity contribution in [1.82, 2.24) is 4.90 Å². The molecule has 2 amide bonds. The van der Waals surface area contributed by atoms with E-state index in [0.717, 1.165) is 12.0 Å². The molecule has 0 aromatic heterocycles. The summed E-state index contributed by atoms with van der Waals surface area (Å²) in [6, 6.07) is 14.7. The Morgan fingerprint density at radius 1 is 1.22 bits per heavy atom. The van der Waals surface area contributed by atoms with Gasteiger partial charge in [-0.2, -0.15) is 0 Å². The van der Waals surface area contributed by atoms with Crippen LogP contribution in [0.15, 0.2) is 48.5 Å². The minimum atomic E-state index is -0.442. The molecular weight excluding hydrogens is 360 g/mol. The van der Waals surface area contributed by atoms with E-state index in [1.165, 1.54) is 0 Å². The summed E-state index contributed by atoms with van der Waals surface area (Å²) in [6.45, 7) is 4.06. The van der Waals surface area contributed by atoms with Crippen molar-refractivity contribution < 1.29 is 14.3 Å². The van der Waals surface area contributed by atoms with Crippen LogP contribution in [-0.2, 0) is 9.59 Å². The molecule has 27 heavy (non-hydrogen) atoms. The van der Waals surface area contributed by atoms with Crippen molar-refractivity contribution in [3.8, 4) is 11.5 Å². The highest BCUT2D eigenvalue weighted by molar-refractivity contribution is 8.01. The average Bonchev–Trinajstić information content (AvgIpc) is 3.15. The second kappa shape index (κ2) is 6.93. The van der Waals surface area contributed by atoms with Crippen LogP contribution in [0.25, 0.3) is 0 Å². The number of para-hydroxylation sites is 2. The number of thioether (sulfide) groups is 1. The van der Waals surface area contributed by atoms with Gasteiger partial charge in [0.15, 0.2) is 5.75 Å². The van der Waals surface area contributed by atoms with Crippen LogP contribution in [-0.4, -0.2) is 33.4 Å². The predicted molar refractivity (Wildman–Crippen MR) is 107 cm³/mol. The smallest absolute Gasteiger partial charge is 0.248 e. The van der Waals surface area contributed by atoms with E-state index in [2.05, 4.69) is 5.32 Å². The number of nitrogens with zero attached hydrogens (tertiary/aromatic N) is 1. The van der Waals surface area contributed by atoms with Crippen LogP contribution in [0.2, 0.25) is 0 Å². The molecule has 2 fully saturated rings. The van der Waals surface area contributed by atoms with E-state index in [9.17, 15) is 9.59 Å². The Morgan fingerprint density at radius 3 is 2.74 bits per heavy atom. The Morgan fingerprint density at radius 2 is 1.96 bits per heavy atom. The van der Waals surface area contributed by atoms with Gasteiger partial charge in [0.1, 0.15) is 11.8 Å². The zero-order chi connectivity index (χ0) is 19.0. The van der Waals surface area contributed by atoms with Gasteiger partial charge in [-0.05, 0) is 44.5 Å². The Bertz CT molecular complexity index is 883. The molecule has 2 aliphatic rings. The van der Waals surface area contributed by atoms with Gasteiger partial charge in [0, 0.05) is 12.2 Å². The minimum absolute atomic E-state index is 0.0619. The van der Waals surface area contributed by atoms with Gasteiger partial charge in [-0.1, -0.05) is 29.8 Å². The molecule has 140 valence electrons. The Labute approximate surface area is 163 Å². The maximum absolute atomic E-state index is 12.9. The molecule has 2 unspecified atom stereocenters. The maximum Gasteiger partial charge on any atom is 0.248 e. The molecule has 2 saturated heterocycles. The summed E-state index contributed by atoms with van der Waals surface area (Å²) >= 11 is 1.69. The molecule has 2 aliphatic heterocycles. The third-order valence-electron chi connectivity index (χ3n) is 5.14. The quantitative estimate of drug-likeness (QED) is 0.862. The highest BCUT2D eigenvalue weighted by Gasteiger charge is 2.52. The molecule has 0 spiro atoms. The van der Waals surface area contributed by atoms with Gasteiger partial charge in [-0.15, -0.1) is 11.8 Å². The van der Waals surface area contributed by atoms with Crippen molar-refractivity contribution in [2.24, 2.45) is 0 Å². The monoisotopic (exact) mass is 382 g/mol. The van der Waals surface area contributed by atoms with Crippen LogP contribution in [0.1, 0.15) is 25.3 Å². The zero-order valence-corrected chi connectivity index (χ0v) is 16.2. The fraction of sp³-hybridized carbons (Fsp3) is 0.333. The van der Waals surface area contributed by atoms with Crippen molar-refractivity contribution in [2.45, 2.75) is 37.6 Å². The Kier molecular flexibility index (Phi) is 4.60. The van der Waals surface area contributed by atoms with Crippen LogP contribution in [0, 0.1) is 6.92 Å². The minimum Gasteiger partial charge on any atom is -0.455 e. The molecule has 1 N–H and O–H groups in total. The highest BCUT2D eigenvalue weighted by atomic mass is 32.2. The number of aryl methyl sites for hydroxylation is 1. The normalized spacial score (nSPS) is 24.0. The zero-order valence-electron chi connectivity index (χ0n) is 15.4. The highest BCUT2D eigenvalue weighted by Crippen LogP contribution is 2.47. The van der Waals surface area contributed by atoms with E-state index in [1.807, 2.05) is 62.4 Å². The van der Waals surface area contributed by atoms with E-state index in [4.69, 9.17) is 4.74 Å². The first-order valence-electron chi connectivity index (χ1n) is 9.07. The first kappa shape index (κ1) is 17.9. The van der Waals surface area contributed by atoms with Gasteiger partial charge in [0.25, 0.3) is 0 Å². The van der Waals surface area contributed by atoms with Crippen LogP contribution in [0.3, 0.4) is 0 Å². The number of carbonyl (C=O) groups is 2. The summed E-state index contributed by atoms with van der Waals surface area (Å²) in [6.07, 6.45) is 1.31. The topological polar surface area (TPSA) is 58.6 Å². The van der Waals surface area contributed by atoms with E-state index < -0.39 is 6.04 Å². The standard InChI is InChI=1S/C21H22N2O3S/c1-14-7-9-15(10-8-14)26-18-6-4-3-5-16(18)22-20(25)17-13-27-21(2)12-11-19(24)23(17)21/h3-10,17H,11-13H2,1-2H3,(H,22,25). The molecule has 2 atom stereocenters. The third-order valence-corrected chi connectivity index (χ3v) is 6.65. The lowest BCUT2D eigenvalue weighted by atomic mass is 10.2. The lowest BCUT2D eigenvalue weighted by Gasteiger charge is -2.30. The third kappa shape index (κ3) is 3.41. The number of carbonyl (C=O) groups excluding carboxylic acids is 2. The molecule has 5 nitrogen and oxygen atoms in total. The van der Waals surface area contributed by atoms with Crippen LogP contribution in [0.4, 0.5) is 5.69 Å². The van der Waals surface area contributed by atoms with Gasteiger partial charge in [0.05, 0.1) is 10.6 Å². The molecule has 2 aromatic rings. The molecule has 0 radical (unpaired) electrons. The molecule has 0 aliphatic carbocycles. The number of benzene rings is 2. The average molecular weight is 382 g/mol. The second-order valence-electron chi connectivity index (χ2n) is 7.17. The van der Waals surface area contributed by atoms with Crippen molar-refractivity contribution in [2.75, 3.05) is 11.1 Å². The van der Waals surface area contributed by atoms with E-state index in [1.54, 1.807) is 16.7 Å². The first-order valence-corrected chi connectivity index (χ1v) is 10.1. The number of rotatable bonds is 4. The summed E-state index contributed by atoms with van der Waals surface area (Å²) in [4.78, 5) is 26.7. The van der Waals surface area contributed by atoms with Gasteiger partial charge >= 0.3 is 0 Å². The summed E-state index contributed by atoms with van der Waals surface area (Å²) in [5, 5.41) is 2.96. The molecule has 2 aromatic carbocycles. The van der Waals surface area contributed by atoms with Gasteiger partial charge < -0.3 is 15.0 Å². The lowest BCUT2D eigenvalue weighted by Crippen LogP contribution is -2.48. The fourth-order valence-corrected chi connectivity index (χ4v) is 5.05. The van der Waals surface area contributed by atoms with Crippen molar-refractivity contribution in [3.05, 3.63) is 54.1 Å². The summed E-state index contributed by atoms with van der Waals surface area (Å²) in [5.41, 5.74) is 1.76. The Hall–Kier alpha value is -2.47. The van der Waals surface area contributed by atoms with Crippen LogP contribution in [0.5, 0.6) is 11.5 Å². The van der Waals surface area contributed by atoms with Crippen molar-refractivity contribution >= 4 is 29.3 Å². The fourth-order valence-electron chi connectivity index (χ4n) is 3.62. The molecule has 0 bridgehead atoms. The number of hydrogen-bond acceptors (Lipinski definition) is 4. The number of nitrogens with one attached hydrogen (secondary N) is 1. The summed E-state index contributed by atoms with van der Waals surface area (Å²) in [7, 11) is 0. The summed E-state index contributed by atoms with van der Waals surface area (Å²) < 4.78 is 5.96. The number of anilines is 1. The molecule has 2 heterocycles. The number of ether oxygens (including phenoxy) is 1. The van der Waals surface area contributed by atoms with E-state index in [-0.39, 0.29) is 16.7 Å². The molecular formula is C21H22N2O3S. The molecule has 6 heteroatoms. The number of fused-ring (bicyclic) bond motifs is 1. The maximum atomic E-state index is 12.9.